The quantitative estimate of drug-likeness (QED) is 0.132. The first-order chi connectivity index (χ1) is 16.1. The highest BCUT2D eigenvalue weighted by atomic mass is 32.2. The van der Waals surface area contributed by atoms with Gasteiger partial charge in [0.25, 0.3) is 0 Å². The van der Waals surface area contributed by atoms with Crippen LogP contribution >= 0.6 is 23.5 Å². The molecule has 0 aromatic carbocycles. The topological polar surface area (TPSA) is 177 Å². The third-order valence-corrected chi connectivity index (χ3v) is 6.86. The normalized spacial score (nSPS) is 15.5. The lowest BCUT2D eigenvalue weighted by Crippen LogP contribution is -2.58. The molecule has 34 heavy (non-hydrogen) atoms. The Balaban J connectivity index is 5.41. The number of carboxylic acids is 1. The molecule has 8 N–H and O–H groups in total. The van der Waals surface area contributed by atoms with Crippen LogP contribution in [-0.2, 0) is 19.2 Å². The third kappa shape index (κ3) is 12.8. The predicted molar refractivity (Wildman–Crippen MR) is 140 cm³/mol. The van der Waals surface area contributed by atoms with Gasteiger partial charge in [-0.1, -0.05) is 20.3 Å². The van der Waals surface area contributed by atoms with Crippen LogP contribution < -0.4 is 27.4 Å². The Morgan fingerprint density at radius 3 is 1.97 bits per heavy atom. The third-order valence-electron chi connectivity index (χ3n) is 5.57. The molecule has 0 bridgehead atoms. The van der Waals surface area contributed by atoms with Crippen LogP contribution in [0.15, 0.2) is 0 Å². The van der Waals surface area contributed by atoms with Crippen LogP contribution in [0.1, 0.15) is 52.4 Å². The molecule has 0 saturated heterocycles. The lowest BCUT2D eigenvalue weighted by atomic mass is 9.97. The Morgan fingerprint density at radius 2 is 1.44 bits per heavy atom. The maximum Gasteiger partial charge on any atom is 0.326 e. The van der Waals surface area contributed by atoms with E-state index >= 15 is 0 Å². The molecule has 0 saturated carbocycles. The predicted octanol–water partition coefficient (Wildman–Crippen LogP) is 0.534. The summed E-state index contributed by atoms with van der Waals surface area (Å²) in [6, 6.07) is -3.58. The molecule has 0 heterocycles. The number of hydrogen-bond donors (Lipinski definition) is 6. The molecule has 0 radical (unpaired) electrons. The molecule has 0 fully saturated rings. The maximum atomic E-state index is 13.1. The zero-order valence-electron chi connectivity index (χ0n) is 20.8. The molecule has 3 amide bonds. The lowest BCUT2D eigenvalue weighted by Gasteiger charge is -2.28. The second kappa shape index (κ2) is 18.8. The van der Waals surface area contributed by atoms with E-state index in [9.17, 15) is 24.3 Å². The number of unbranched alkanes of at least 4 members (excludes halogenated alkanes) is 1. The van der Waals surface area contributed by atoms with Crippen molar-refractivity contribution < 1.29 is 24.3 Å². The van der Waals surface area contributed by atoms with Crippen LogP contribution in [-0.4, -0.2) is 83.5 Å². The number of nitrogens with one attached hydrogen (secondary N) is 3. The van der Waals surface area contributed by atoms with E-state index in [1.807, 2.05) is 26.4 Å². The van der Waals surface area contributed by atoms with Crippen LogP contribution in [0.25, 0.3) is 0 Å². The monoisotopic (exact) mass is 521 g/mol. The highest BCUT2D eigenvalue weighted by molar-refractivity contribution is 7.98. The van der Waals surface area contributed by atoms with Crippen molar-refractivity contribution in [3.63, 3.8) is 0 Å². The molecule has 0 aliphatic carbocycles. The van der Waals surface area contributed by atoms with Gasteiger partial charge in [-0.25, -0.2) is 4.79 Å². The van der Waals surface area contributed by atoms with Gasteiger partial charge in [-0.05, 0) is 68.6 Å². The van der Waals surface area contributed by atoms with Gasteiger partial charge in [0.1, 0.15) is 18.1 Å². The van der Waals surface area contributed by atoms with Crippen LogP contribution in [0.2, 0.25) is 0 Å². The number of thioether (sulfide) groups is 2. The largest absolute Gasteiger partial charge is 0.480 e. The van der Waals surface area contributed by atoms with E-state index in [0.717, 1.165) is 5.75 Å². The first-order valence-corrected chi connectivity index (χ1v) is 14.5. The summed E-state index contributed by atoms with van der Waals surface area (Å²) in [5.41, 5.74) is 11.4. The van der Waals surface area contributed by atoms with Gasteiger partial charge in [-0.2, -0.15) is 23.5 Å². The first kappa shape index (κ1) is 32.5. The van der Waals surface area contributed by atoms with E-state index in [2.05, 4.69) is 16.0 Å². The number of rotatable bonds is 19. The van der Waals surface area contributed by atoms with Crippen LogP contribution in [0, 0.1) is 5.92 Å². The first-order valence-electron chi connectivity index (χ1n) is 11.7. The highest BCUT2D eigenvalue weighted by Crippen LogP contribution is 2.11. The Labute approximate surface area is 211 Å². The summed E-state index contributed by atoms with van der Waals surface area (Å²) in [5.74, 6) is -1.49. The minimum absolute atomic E-state index is 0.247. The summed E-state index contributed by atoms with van der Waals surface area (Å²) in [7, 11) is 0. The average molecular weight is 522 g/mol. The second-order valence-corrected chi connectivity index (χ2v) is 10.3. The lowest BCUT2D eigenvalue weighted by molar-refractivity contribution is -0.143. The van der Waals surface area contributed by atoms with Gasteiger partial charge in [0.15, 0.2) is 0 Å². The minimum atomic E-state index is -1.14. The average Bonchev–Trinajstić information content (AvgIpc) is 2.81. The van der Waals surface area contributed by atoms with Gasteiger partial charge >= 0.3 is 5.97 Å². The SMILES string of the molecule is CCC(C)C(NC(=O)C(CCSC)NC(=O)C(N)CCSC)C(=O)NC(CCCCN)C(=O)O. The van der Waals surface area contributed by atoms with E-state index < -0.39 is 47.9 Å². The Morgan fingerprint density at radius 1 is 0.853 bits per heavy atom. The van der Waals surface area contributed by atoms with Gasteiger partial charge in [-0.3, -0.25) is 14.4 Å². The summed E-state index contributed by atoms with van der Waals surface area (Å²) in [5, 5.41) is 17.5. The second-order valence-electron chi connectivity index (χ2n) is 8.29. The summed E-state index contributed by atoms with van der Waals surface area (Å²) in [6.45, 7) is 4.13. The fourth-order valence-electron chi connectivity index (χ4n) is 3.13. The number of aliphatic carboxylic acids is 1. The molecular formula is C22H43N5O5S2. The molecule has 0 aromatic heterocycles. The van der Waals surface area contributed by atoms with Crippen molar-refractivity contribution in [1.82, 2.24) is 16.0 Å². The number of carbonyl (C=O) groups is 4. The van der Waals surface area contributed by atoms with Crippen molar-refractivity contribution in [2.75, 3.05) is 30.6 Å². The van der Waals surface area contributed by atoms with Gasteiger partial charge in [0, 0.05) is 0 Å². The van der Waals surface area contributed by atoms with Crippen LogP contribution in [0.4, 0.5) is 0 Å². The van der Waals surface area contributed by atoms with E-state index in [-0.39, 0.29) is 12.3 Å². The molecule has 0 spiro atoms. The van der Waals surface area contributed by atoms with Crippen LogP contribution in [0.5, 0.6) is 0 Å². The summed E-state index contributed by atoms with van der Waals surface area (Å²) in [4.78, 5) is 50.2. The zero-order chi connectivity index (χ0) is 26.1. The van der Waals surface area contributed by atoms with Crippen molar-refractivity contribution >= 4 is 47.2 Å². The zero-order valence-corrected chi connectivity index (χ0v) is 22.4. The smallest absolute Gasteiger partial charge is 0.326 e. The highest BCUT2D eigenvalue weighted by Gasteiger charge is 2.32. The van der Waals surface area contributed by atoms with Gasteiger partial charge in [0.05, 0.1) is 6.04 Å². The number of carboxylic acid groups (broad SMARTS) is 1. The molecule has 5 atom stereocenters. The standard InChI is InChI=1S/C22H43N5O5S2/c1-5-14(2)18(21(30)26-17(22(31)32)8-6-7-11-23)27-20(29)16(10-13-34-4)25-19(28)15(24)9-12-33-3/h14-18H,5-13,23-24H2,1-4H3,(H,25,28)(H,26,30)(H,27,29)(H,31,32). The van der Waals surface area contributed by atoms with E-state index in [0.29, 0.717) is 44.4 Å². The minimum Gasteiger partial charge on any atom is -0.480 e. The number of hydrogen-bond acceptors (Lipinski definition) is 8. The molecule has 0 aliphatic rings. The number of carbonyl (C=O) groups excluding carboxylic acids is 3. The Bertz CT molecular complexity index is 641. The van der Waals surface area contributed by atoms with Crippen molar-refractivity contribution in [3.8, 4) is 0 Å². The summed E-state index contributed by atoms with van der Waals surface area (Å²) < 4.78 is 0. The molecule has 0 aliphatic heterocycles. The van der Waals surface area contributed by atoms with Crippen molar-refractivity contribution in [3.05, 3.63) is 0 Å². The fourth-order valence-corrected chi connectivity index (χ4v) is 4.09. The van der Waals surface area contributed by atoms with Gasteiger partial charge in [0.2, 0.25) is 17.7 Å². The fraction of sp³-hybridized carbons (Fsp3) is 0.818. The van der Waals surface area contributed by atoms with Crippen LogP contribution in [0.3, 0.4) is 0 Å². The van der Waals surface area contributed by atoms with E-state index in [4.69, 9.17) is 11.5 Å². The van der Waals surface area contributed by atoms with Crippen molar-refractivity contribution in [1.29, 1.82) is 0 Å². The maximum absolute atomic E-state index is 13.1. The molecule has 198 valence electrons. The molecule has 0 rings (SSSR count). The molecule has 12 heteroatoms. The molecule has 10 nitrogen and oxygen atoms in total. The summed E-state index contributed by atoms with van der Waals surface area (Å²) >= 11 is 3.12. The van der Waals surface area contributed by atoms with Crippen molar-refractivity contribution in [2.24, 2.45) is 17.4 Å². The van der Waals surface area contributed by atoms with Crippen molar-refractivity contribution in [2.45, 2.75) is 76.5 Å². The Kier molecular flexibility index (Phi) is 18.0. The van der Waals surface area contributed by atoms with Gasteiger partial charge in [-0.15, -0.1) is 0 Å². The van der Waals surface area contributed by atoms with Gasteiger partial charge < -0.3 is 32.5 Å². The number of amides is 3. The summed E-state index contributed by atoms with van der Waals surface area (Å²) in [6.07, 6.45) is 6.74. The Hall–Kier alpha value is -1.50. The van der Waals surface area contributed by atoms with E-state index in [1.54, 1.807) is 11.8 Å². The molecular weight excluding hydrogens is 478 g/mol. The molecule has 5 unspecified atom stereocenters. The van der Waals surface area contributed by atoms with E-state index in [1.165, 1.54) is 11.8 Å². The molecule has 0 aromatic rings. The number of nitrogens with two attached hydrogens (primary N) is 2.